The number of rotatable bonds is 12. The Labute approximate surface area is 298 Å². The summed E-state index contributed by atoms with van der Waals surface area (Å²) < 4.78 is 16.1. The minimum Gasteiger partial charge on any atom is -0.494 e. The third-order valence-corrected chi connectivity index (χ3v) is 10.6. The van der Waals surface area contributed by atoms with Crippen LogP contribution in [0.3, 0.4) is 0 Å². The quantitative estimate of drug-likeness (QED) is 0.130. The first kappa shape index (κ1) is 33.9. The molecule has 4 aromatic carbocycles. The lowest BCUT2D eigenvalue weighted by atomic mass is 9.96. The van der Waals surface area contributed by atoms with Crippen molar-refractivity contribution in [2.75, 3.05) is 39.5 Å². The van der Waals surface area contributed by atoms with Crippen LogP contribution in [0, 0.1) is 20.8 Å². The monoisotopic (exact) mass is 689 g/mol. The highest BCUT2D eigenvalue weighted by atomic mass is 35.5. The fraction of sp³-hybridized carbons (Fsp3) is 0.310. The van der Waals surface area contributed by atoms with E-state index in [2.05, 4.69) is 93.9 Å². The summed E-state index contributed by atoms with van der Waals surface area (Å²) in [5.74, 6) is -0.128. The highest BCUT2D eigenvalue weighted by Crippen LogP contribution is 2.37. The van der Waals surface area contributed by atoms with Gasteiger partial charge in [-0.1, -0.05) is 72.3 Å². The summed E-state index contributed by atoms with van der Waals surface area (Å²) in [5.41, 5.74) is 9.94. The number of benzene rings is 4. The fourth-order valence-electron chi connectivity index (χ4n) is 7.58. The molecule has 1 fully saturated rings. The lowest BCUT2D eigenvalue weighted by molar-refractivity contribution is 0.0362. The number of nitrogens with zero attached hydrogens (tertiary/aromatic N) is 3. The van der Waals surface area contributed by atoms with Crippen LogP contribution in [0.4, 0.5) is 0 Å². The van der Waals surface area contributed by atoms with Gasteiger partial charge >= 0.3 is 5.97 Å². The Kier molecular flexibility index (Phi) is 9.99. The minimum absolute atomic E-state index is 0.364. The molecule has 0 unspecified atom stereocenters. The first-order chi connectivity index (χ1) is 24.3. The van der Waals surface area contributed by atoms with Crippen molar-refractivity contribution in [1.29, 1.82) is 0 Å². The predicted octanol–water partition coefficient (Wildman–Crippen LogP) is 8.93. The molecule has 0 saturated carbocycles. The van der Waals surface area contributed by atoms with Gasteiger partial charge < -0.3 is 23.7 Å². The smallest absolute Gasteiger partial charge is 0.352 e. The third-order valence-electron chi connectivity index (χ3n) is 10.0. The van der Waals surface area contributed by atoms with E-state index >= 15 is 0 Å². The zero-order chi connectivity index (χ0) is 34.8. The Morgan fingerprint density at radius 2 is 1.56 bits per heavy atom. The van der Waals surface area contributed by atoms with Crippen molar-refractivity contribution in [1.82, 2.24) is 14.0 Å². The molecular formula is C42H44ClN3O4. The molecule has 1 aliphatic rings. The number of aromatic nitrogens is 2. The van der Waals surface area contributed by atoms with E-state index in [0.717, 1.165) is 69.1 Å². The zero-order valence-electron chi connectivity index (χ0n) is 29.0. The molecule has 6 aromatic rings. The number of morpholine rings is 1. The SMILES string of the molecule is Cc1cc(OCCCc2c(C(=O)O)n(CCN3CCOCC3)c3c(-c4ccccc4Cn4cc(C)c5ccccc54)cccc23)cc(C)c1Cl. The van der Waals surface area contributed by atoms with Crippen molar-refractivity contribution in [3.05, 3.63) is 124 Å². The van der Waals surface area contributed by atoms with Gasteiger partial charge in [-0.25, -0.2) is 4.79 Å². The van der Waals surface area contributed by atoms with E-state index in [1.54, 1.807) is 0 Å². The Morgan fingerprint density at radius 3 is 2.34 bits per heavy atom. The molecule has 1 aliphatic heterocycles. The van der Waals surface area contributed by atoms with Gasteiger partial charge in [0, 0.05) is 65.8 Å². The number of para-hydroxylation sites is 2. The normalized spacial score (nSPS) is 13.8. The van der Waals surface area contributed by atoms with Crippen LogP contribution in [0.25, 0.3) is 32.9 Å². The van der Waals surface area contributed by atoms with Crippen LogP contribution in [0.1, 0.15) is 44.7 Å². The molecule has 0 spiro atoms. The van der Waals surface area contributed by atoms with Gasteiger partial charge in [0.2, 0.25) is 0 Å². The summed E-state index contributed by atoms with van der Waals surface area (Å²) >= 11 is 6.38. The van der Waals surface area contributed by atoms with Crippen molar-refractivity contribution in [3.8, 4) is 16.9 Å². The van der Waals surface area contributed by atoms with Gasteiger partial charge in [-0.3, -0.25) is 4.90 Å². The Hall–Kier alpha value is -4.56. The second-order valence-corrected chi connectivity index (χ2v) is 13.8. The first-order valence-electron chi connectivity index (χ1n) is 17.5. The van der Waals surface area contributed by atoms with E-state index in [0.29, 0.717) is 51.4 Å². The first-order valence-corrected chi connectivity index (χ1v) is 17.9. The molecule has 1 saturated heterocycles. The summed E-state index contributed by atoms with van der Waals surface area (Å²) in [6.07, 6.45) is 3.47. The molecule has 2 aromatic heterocycles. The summed E-state index contributed by atoms with van der Waals surface area (Å²) in [6, 6.07) is 27.3. The average Bonchev–Trinajstić information content (AvgIpc) is 3.62. The number of hydrogen-bond donors (Lipinski definition) is 1. The number of aryl methyl sites for hydroxylation is 4. The van der Waals surface area contributed by atoms with Crippen molar-refractivity contribution in [2.45, 2.75) is 46.7 Å². The van der Waals surface area contributed by atoms with Crippen molar-refractivity contribution >= 4 is 39.4 Å². The number of hydrogen-bond acceptors (Lipinski definition) is 4. The average molecular weight is 690 g/mol. The summed E-state index contributed by atoms with van der Waals surface area (Å²) in [7, 11) is 0. The van der Waals surface area contributed by atoms with E-state index in [1.807, 2.05) is 26.0 Å². The number of carbonyl (C=O) groups is 1. The second-order valence-electron chi connectivity index (χ2n) is 13.4. The van der Waals surface area contributed by atoms with Gasteiger partial charge in [-0.2, -0.15) is 0 Å². The van der Waals surface area contributed by atoms with Gasteiger partial charge in [0.05, 0.1) is 25.3 Å². The highest BCUT2D eigenvalue weighted by molar-refractivity contribution is 6.32. The maximum atomic E-state index is 13.2. The maximum Gasteiger partial charge on any atom is 0.352 e. The van der Waals surface area contributed by atoms with E-state index < -0.39 is 5.97 Å². The molecule has 0 atom stereocenters. The topological polar surface area (TPSA) is 68.9 Å². The molecule has 0 amide bonds. The van der Waals surface area contributed by atoms with Gasteiger partial charge in [-0.15, -0.1) is 0 Å². The van der Waals surface area contributed by atoms with E-state index in [4.69, 9.17) is 21.1 Å². The van der Waals surface area contributed by atoms with Crippen molar-refractivity contribution in [3.63, 3.8) is 0 Å². The van der Waals surface area contributed by atoms with Gasteiger partial charge in [-0.05, 0) is 85.2 Å². The molecule has 50 heavy (non-hydrogen) atoms. The molecule has 0 radical (unpaired) electrons. The summed E-state index contributed by atoms with van der Waals surface area (Å²) in [4.78, 5) is 15.6. The Bertz CT molecular complexity index is 2150. The lowest BCUT2D eigenvalue weighted by Crippen LogP contribution is -2.38. The molecule has 3 heterocycles. The zero-order valence-corrected chi connectivity index (χ0v) is 29.8. The number of halogens is 1. The van der Waals surface area contributed by atoms with Crippen molar-refractivity contribution < 1.29 is 19.4 Å². The molecular weight excluding hydrogens is 646 g/mol. The summed E-state index contributed by atoms with van der Waals surface area (Å²) in [6.45, 7) is 11.7. The van der Waals surface area contributed by atoms with Gasteiger partial charge in [0.25, 0.3) is 0 Å². The van der Waals surface area contributed by atoms with Crippen LogP contribution >= 0.6 is 11.6 Å². The molecule has 0 aliphatic carbocycles. The molecule has 8 heteroatoms. The van der Waals surface area contributed by atoms with Crippen LogP contribution in [0.15, 0.2) is 85.1 Å². The minimum atomic E-state index is -0.906. The number of aromatic carboxylic acids is 1. The van der Waals surface area contributed by atoms with Crippen LogP contribution in [0.2, 0.25) is 5.02 Å². The number of carboxylic acids is 1. The van der Waals surface area contributed by atoms with Crippen LogP contribution in [-0.2, 0) is 24.2 Å². The second kappa shape index (κ2) is 14.7. The van der Waals surface area contributed by atoms with Crippen LogP contribution in [-0.4, -0.2) is 64.6 Å². The van der Waals surface area contributed by atoms with Gasteiger partial charge in [0.1, 0.15) is 11.4 Å². The molecule has 1 N–H and O–H groups in total. The Balaban J connectivity index is 1.28. The Morgan fingerprint density at radius 1 is 0.860 bits per heavy atom. The number of ether oxygens (including phenoxy) is 2. The standard InChI is InChI=1S/C42H44ClN3O4/c1-28-24-32(25-29(2)39(28)43)50-21-9-15-37-36-14-8-13-35(40(36)46(41(37)42(47)48)18-17-44-19-22-49-23-20-44)34-12-5-4-10-31(34)27-45-26-30(3)33-11-6-7-16-38(33)45/h4-8,10-14,16,24-26H,9,15,17-23,27H2,1-3H3,(H,47,48). The van der Waals surface area contributed by atoms with Crippen LogP contribution in [0.5, 0.6) is 5.75 Å². The largest absolute Gasteiger partial charge is 0.494 e. The van der Waals surface area contributed by atoms with E-state index in [9.17, 15) is 9.90 Å². The van der Waals surface area contributed by atoms with E-state index in [-0.39, 0.29) is 0 Å². The predicted molar refractivity (Wildman–Crippen MR) is 202 cm³/mol. The van der Waals surface area contributed by atoms with Crippen molar-refractivity contribution in [2.24, 2.45) is 0 Å². The third kappa shape index (κ3) is 6.78. The molecule has 0 bridgehead atoms. The summed E-state index contributed by atoms with van der Waals surface area (Å²) in [5, 5.41) is 13.8. The molecule has 7 nitrogen and oxygen atoms in total. The lowest BCUT2D eigenvalue weighted by Gasteiger charge is -2.27. The maximum absolute atomic E-state index is 13.2. The van der Waals surface area contributed by atoms with Gasteiger partial charge in [0.15, 0.2) is 0 Å². The molecule has 258 valence electrons. The highest BCUT2D eigenvalue weighted by Gasteiger charge is 2.26. The van der Waals surface area contributed by atoms with E-state index in [1.165, 1.54) is 22.0 Å². The fourth-order valence-corrected chi connectivity index (χ4v) is 7.69. The molecule has 7 rings (SSSR count). The number of fused-ring (bicyclic) bond motifs is 2. The number of carboxylic acid groups (broad SMARTS) is 1. The van der Waals surface area contributed by atoms with Crippen LogP contribution < -0.4 is 4.74 Å².